The van der Waals surface area contributed by atoms with Crippen molar-refractivity contribution in [3.63, 3.8) is 0 Å². The molecule has 4 rings (SSSR count). The van der Waals surface area contributed by atoms with E-state index in [2.05, 4.69) is 4.98 Å². The molecule has 194 valence electrons. The number of carbonyl (C=O) groups is 3. The van der Waals surface area contributed by atoms with Gasteiger partial charge < -0.3 is 19.6 Å². The summed E-state index contributed by atoms with van der Waals surface area (Å²) in [6.45, 7) is 5.72. The fourth-order valence-corrected chi connectivity index (χ4v) is 4.41. The number of hydrogen-bond acceptors (Lipinski definition) is 5. The lowest BCUT2D eigenvalue weighted by Crippen LogP contribution is -2.51. The van der Waals surface area contributed by atoms with Crippen LogP contribution in [0.4, 0.5) is 4.79 Å². The summed E-state index contributed by atoms with van der Waals surface area (Å²) in [6, 6.07) is 18.7. The zero-order valence-corrected chi connectivity index (χ0v) is 21.3. The maximum Gasteiger partial charge on any atom is 0.410 e. The van der Waals surface area contributed by atoms with Gasteiger partial charge in [0, 0.05) is 36.6 Å². The summed E-state index contributed by atoms with van der Waals surface area (Å²) in [4.78, 5) is 45.5. The van der Waals surface area contributed by atoms with Crippen LogP contribution in [0.5, 0.6) is 0 Å². The van der Waals surface area contributed by atoms with E-state index in [1.54, 1.807) is 11.1 Å². The summed E-state index contributed by atoms with van der Waals surface area (Å²) in [5, 5.41) is 9.59. The molecule has 1 saturated heterocycles. The summed E-state index contributed by atoms with van der Waals surface area (Å²) in [6.07, 6.45) is 2.15. The number of amides is 2. The molecular weight excluding hydrogens is 472 g/mol. The third-order valence-corrected chi connectivity index (χ3v) is 6.11. The number of piperidine rings is 1. The summed E-state index contributed by atoms with van der Waals surface area (Å²) in [5.41, 5.74) is 1.23. The Hall–Kier alpha value is -4.14. The van der Waals surface area contributed by atoms with Gasteiger partial charge in [-0.3, -0.25) is 14.2 Å². The summed E-state index contributed by atoms with van der Waals surface area (Å²) in [5.74, 6) is -0.969. The van der Waals surface area contributed by atoms with E-state index in [4.69, 9.17) is 4.74 Å². The van der Waals surface area contributed by atoms with Gasteiger partial charge in [-0.2, -0.15) is 0 Å². The Morgan fingerprint density at radius 2 is 1.59 bits per heavy atom. The Balaban J connectivity index is 1.60. The molecular formula is C28H32N4O5. The molecule has 0 bridgehead atoms. The Kier molecular flexibility index (Phi) is 7.61. The lowest BCUT2D eigenvalue weighted by Gasteiger charge is -2.38. The number of rotatable bonds is 6. The van der Waals surface area contributed by atoms with Crippen LogP contribution in [0.15, 0.2) is 66.9 Å². The molecule has 0 saturated carbocycles. The topological polar surface area (TPSA) is 105 Å². The number of hydrogen-bond donors (Lipinski definition) is 1. The smallest absolute Gasteiger partial charge is 0.410 e. The van der Waals surface area contributed by atoms with Crippen molar-refractivity contribution in [1.29, 1.82) is 0 Å². The number of carbonyl (C=O) groups excluding carboxylic acids is 2. The van der Waals surface area contributed by atoms with E-state index in [0.29, 0.717) is 31.8 Å². The van der Waals surface area contributed by atoms with Crippen molar-refractivity contribution in [2.45, 2.75) is 45.3 Å². The van der Waals surface area contributed by atoms with Gasteiger partial charge in [-0.1, -0.05) is 48.5 Å². The van der Waals surface area contributed by atoms with Gasteiger partial charge in [0.05, 0.1) is 0 Å². The predicted molar refractivity (Wildman–Crippen MR) is 139 cm³/mol. The highest BCUT2D eigenvalue weighted by Gasteiger charge is 2.34. The molecule has 0 atom stereocenters. The second-order valence-electron chi connectivity index (χ2n) is 10.0. The molecule has 1 aromatic heterocycles. The number of likely N-dealkylation sites (tertiary alicyclic amines) is 1. The molecule has 2 aromatic carbocycles. The van der Waals surface area contributed by atoms with E-state index in [0.717, 1.165) is 11.3 Å². The lowest BCUT2D eigenvalue weighted by atomic mass is 10.0. The van der Waals surface area contributed by atoms with Crippen molar-refractivity contribution in [2.24, 2.45) is 0 Å². The van der Waals surface area contributed by atoms with E-state index in [-0.39, 0.29) is 11.7 Å². The van der Waals surface area contributed by atoms with Crippen LogP contribution in [0.1, 0.15) is 44.1 Å². The van der Waals surface area contributed by atoms with Gasteiger partial charge in [0.25, 0.3) is 5.91 Å². The van der Waals surface area contributed by atoms with Gasteiger partial charge in [0.1, 0.15) is 23.7 Å². The second-order valence-corrected chi connectivity index (χ2v) is 10.0. The third kappa shape index (κ3) is 6.35. The number of ether oxygens (including phenoxy) is 1. The molecule has 1 fully saturated rings. The molecule has 0 spiro atoms. The summed E-state index contributed by atoms with van der Waals surface area (Å²) in [7, 11) is 0. The van der Waals surface area contributed by atoms with Gasteiger partial charge in [0.15, 0.2) is 0 Å². The number of aromatic nitrogens is 2. The van der Waals surface area contributed by atoms with Crippen molar-refractivity contribution in [3.05, 3.63) is 72.6 Å². The first-order valence-corrected chi connectivity index (χ1v) is 12.3. The van der Waals surface area contributed by atoms with Crippen molar-refractivity contribution < 1.29 is 24.2 Å². The molecule has 2 heterocycles. The SMILES string of the molecule is CC(C)(C)OC(=O)N1CCC(N(CC(=O)O)C(=O)c2cn(-c3ccccc3)c(-c3ccccc3)n2)CC1. The quantitative estimate of drug-likeness (QED) is 0.531. The number of carboxylic acids is 1. The number of imidazole rings is 1. The van der Waals surface area contributed by atoms with Crippen molar-refractivity contribution in [3.8, 4) is 17.1 Å². The first-order valence-electron chi connectivity index (χ1n) is 12.3. The fraction of sp³-hybridized carbons (Fsp3) is 0.357. The number of nitrogens with zero attached hydrogens (tertiary/aromatic N) is 4. The number of aliphatic carboxylic acids is 1. The molecule has 1 aliphatic heterocycles. The van der Waals surface area contributed by atoms with Crippen LogP contribution in [0, 0.1) is 0 Å². The molecule has 37 heavy (non-hydrogen) atoms. The Bertz CT molecular complexity index is 1190. The van der Waals surface area contributed by atoms with Gasteiger partial charge >= 0.3 is 12.1 Å². The molecule has 1 N–H and O–H groups in total. The number of carboxylic acid groups (broad SMARTS) is 1. The van der Waals surface area contributed by atoms with E-state index < -0.39 is 30.1 Å². The van der Waals surface area contributed by atoms with Gasteiger partial charge in [-0.05, 0) is 45.7 Å². The third-order valence-electron chi connectivity index (χ3n) is 6.11. The second kappa shape index (κ2) is 10.9. The van der Waals surface area contributed by atoms with Crippen molar-refractivity contribution in [1.82, 2.24) is 19.4 Å². The molecule has 1 aliphatic rings. The normalized spacial score (nSPS) is 14.3. The highest BCUT2D eigenvalue weighted by atomic mass is 16.6. The van der Waals surface area contributed by atoms with E-state index in [1.807, 2.05) is 86.0 Å². The minimum Gasteiger partial charge on any atom is -0.480 e. The highest BCUT2D eigenvalue weighted by molar-refractivity contribution is 5.95. The van der Waals surface area contributed by atoms with Crippen molar-refractivity contribution >= 4 is 18.0 Å². The maximum absolute atomic E-state index is 13.7. The minimum absolute atomic E-state index is 0.165. The number of para-hydroxylation sites is 1. The molecule has 0 aliphatic carbocycles. The Morgan fingerprint density at radius 3 is 2.16 bits per heavy atom. The zero-order valence-electron chi connectivity index (χ0n) is 21.3. The van der Waals surface area contributed by atoms with Crippen LogP contribution >= 0.6 is 0 Å². The highest BCUT2D eigenvalue weighted by Crippen LogP contribution is 2.26. The van der Waals surface area contributed by atoms with Crippen LogP contribution in [-0.2, 0) is 9.53 Å². The average Bonchev–Trinajstić information content (AvgIpc) is 3.33. The van der Waals surface area contributed by atoms with Crippen LogP contribution in [0.2, 0.25) is 0 Å². The molecule has 2 amide bonds. The summed E-state index contributed by atoms with van der Waals surface area (Å²) >= 11 is 0. The largest absolute Gasteiger partial charge is 0.480 e. The fourth-order valence-electron chi connectivity index (χ4n) is 4.41. The Labute approximate surface area is 216 Å². The molecule has 0 radical (unpaired) electrons. The first kappa shape index (κ1) is 25.9. The lowest BCUT2D eigenvalue weighted by molar-refractivity contribution is -0.138. The predicted octanol–water partition coefficient (Wildman–Crippen LogP) is 4.47. The van der Waals surface area contributed by atoms with Crippen LogP contribution in [0.3, 0.4) is 0 Å². The first-order chi connectivity index (χ1) is 17.6. The van der Waals surface area contributed by atoms with E-state index >= 15 is 0 Å². The standard InChI is InChI=1S/C28H32N4O5/c1-28(2,3)37-27(36)30-16-14-22(15-17-30)32(19-24(33)34)26(35)23-18-31(21-12-8-5-9-13-21)25(29-23)20-10-6-4-7-11-20/h4-13,18,22H,14-17,19H2,1-3H3,(H,33,34). The van der Waals surface area contributed by atoms with Crippen molar-refractivity contribution in [2.75, 3.05) is 19.6 Å². The van der Waals surface area contributed by atoms with Crippen LogP contribution in [0.25, 0.3) is 17.1 Å². The molecule has 0 unspecified atom stereocenters. The minimum atomic E-state index is -1.10. The van der Waals surface area contributed by atoms with E-state index in [9.17, 15) is 19.5 Å². The van der Waals surface area contributed by atoms with Crippen LogP contribution in [-0.4, -0.2) is 73.7 Å². The average molecular weight is 505 g/mol. The Morgan fingerprint density at radius 1 is 1.00 bits per heavy atom. The molecule has 9 heteroatoms. The molecule has 9 nitrogen and oxygen atoms in total. The zero-order chi connectivity index (χ0) is 26.6. The molecule has 3 aromatic rings. The van der Waals surface area contributed by atoms with Gasteiger partial charge in [0.2, 0.25) is 0 Å². The number of benzene rings is 2. The monoisotopic (exact) mass is 504 g/mol. The van der Waals surface area contributed by atoms with Crippen LogP contribution < -0.4 is 0 Å². The van der Waals surface area contributed by atoms with E-state index in [1.165, 1.54) is 4.90 Å². The summed E-state index contributed by atoms with van der Waals surface area (Å²) < 4.78 is 7.29. The van der Waals surface area contributed by atoms with Gasteiger partial charge in [-0.25, -0.2) is 9.78 Å². The maximum atomic E-state index is 13.7. The van der Waals surface area contributed by atoms with Gasteiger partial charge in [-0.15, -0.1) is 0 Å².